The second-order valence-electron chi connectivity index (χ2n) is 5.91. The normalized spacial score (nSPS) is 11.9. The SMILES string of the molecule is Cc1ccccc1C(=O)NC(C(=O)N(C)CCC(=O)O)C(C)C. The van der Waals surface area contributed by atoms with Gasteiger partial charge in [0.2, 0.25) is 5.91 Å². The first-order valence-electron chi connectivity index (χ1n) is 7.57. The van der Waals surface area contributed by atoms with Crippen molar-refractivity contribution in [1.29, 1.82) is 0 Å². The number of nitrogens with one attached hydrogen (secondary N) is 1. The number of carboxylic acid groups (broad SMARTS) is 1. The molecule has 0 radical (unpaired) electrons. The molecule has 0 saturated carbocycles. The number of carbonyl (C=O) groups is 3. The summed E-state index contributed by atoms with van der Waals surface area (Å²) < 4.78 is 0. The fraction of sp³-hybridized carbons (Fsp3) is 0.471. The maximum absolute atomic E-state index is 12.5. The van der Waals surface area contributed by atoms with Gasteiger partial charge in [-0.25, -0.2) is 0 Å². The van der Waals surface area contributed by atoms with Crippen LogP contribution in [0, 0.1) is 12.8 Å². The number of hydrogen-bond donors (Lipinski definition) is 2. The number of hydrogen-bond acceptors (Lipinski definition) is 3. The highest BCUT2D eigenvalue weighted by Crippen LogP contribution is 2.11. The standard InChI is InChI=1S/C17H24N2O4/c1-11(2)15(17(23)19(4)10-9-14(20)21)18-16(22)13-8-6-5-7-12(13)3/h5-8,11,15H,9-10H2,1-4H3,(H,18,22)(H,20,21). The van der Waals surface area contributed by atoms with Gasteiger partial charge in [-0.1, -0.05) is 32.0 Å². The molecule has 0 bridgehead atoms. The summed E-state index contributed by atoms with van der Waals surface area (Å²) in [7, 11) is 1.54. The Morgan fingerprint density at radius 2 is 1.83 bits per heavy atom. The van der Waals surface area contributed by atoms with Crippen LogP contribution in [0.25, 0.3) is 0 Å². The molecule has 0 spiro atoms. The summed E-state index contributed by atoms with van der Waals surface area (Å²) in [6, 6.07) is 6.46. The van der Waals surface area contributed by atoms with Crippen molar-refractivity contribution in [3.63, 3.8) is 0 Å². The maximum Gasteiger partial charge on any atom is 0.305 e. The van der Waals surface area contributed by atoms with Gasteiger partial charge in [-0.2, -0.15) is 0 Å². The molecule has 0 heterocycles. The van der Waals surface area contributed by atoms with Crippen molar-refractivity contribution in [3.05, 3.63) is 35.4 Å². The number of benzene rings is 1. The lowest BCUT2D eigenvalue weighted by atomic mass is 10.0. The molecular formula is C17H24N2O4. The Hall–Kier alpha value is -2.37. The zero-order chi connectivity index (χ0) is 17.6. The highest BCUT2D eigenvalue weighted by molar-refractivity contribution is 5.98. The van der Waals surface area contributed by atoms with E-state index in [1.54, 1.807) is 19.2 Å². The zero-order valence-corrected chi connectivity index (χ0v) is 14.0. The molecule has 6 nitrogen and oxygen atoms in total. The minimum atomic E-state index is -0.963. The smallest absolute Gasteiger partial charge is 0.305 e. The van der Waals surface area contributed by atoms with Gasteiger partial charge in [0.1, 0.15) is 6.04 Å². The average molecular weight is 320 g/mol. The maximum atomic E-state index is 12.5. The molecule has 2 amide bonds. The van der Waals surface area contributed by atoms with Crippen LogP contribution in [0.5, 0.6) is 0 Å². The lowest BCUT2D eigenvalue weighted by molar-refractivity contribution is -0.138. The molecule has 0 aliphatic carbocycles. The van der Waals surface area contributed by atoms with Crippen LogP contribution < -0.4 is 5.32 Å². The van der Waals surface area contributed by atoms with Crippen LogP contribution in [0.15, 0.2) is 24.3 Å². The summed E-state index contributed by atoms with van der Waals surface area (Å²) in [4.78, 5) is 36.8. The van der Waals surface area contributed by atoms with Crippen LogP contribution in [-0.2, 0) is 9.59 Å². The van der Waals surface area contributed by atoms with Crippen molar-refractivity contribution in [3.8, 4) is 0 Å². The van der Waals surface area contributed by atoms with E-state index < -0.39 is 12.0 Å². The summed E-state index contributed by atoms with van der Waals surface area (Å²) in [6.45, 7) is 5.62. The molecule has 1 unspecified atom stereocenters. The molecule has 23 heavy (non-hydrogen) atoms. The molecular weight excluding hydrogens is 296 g/mol. The van der Waals surface area contributed by atoms with Crippen molar-refractivity contribution in [2.75, 3.05) is 13.6 Å². The van der Waals surface area contributed by atoms with E-state index in [4.69, 9.17) is 5.11 Å². The van der Waals surface area contributed by atoms with Crippen LogP contribution >= 0.6 is 0 Å². The molecule has 2 N–H and O–H groups in total. The van der Waals surface area contributed by atoms with Crippen molar-refractivity contribution in [1.82, 2.24) is 10.2 Å². The Labute approximate surface area is 136 Å². The van der Waals surface area contributed by atoms with E-state index in [9.17, 15) is 14.4 Å². The lowest BCUT2D eigenvalue weighted by Gasteiger charge is -2.27. The highest BCUT2D eigenvalue weighted by atomic mass is 16.4. The van der Waals surface area contributed by atoms with E-state index in [2.05, 4.69) is 5.32 Å². The van der Waals surface area contributed by atoms with Crippen molar-refractivity contribution in [2.45, 2.75) is 33.2 Å². The second-order valence-corrected chi connectivity index (χ2v) is 5.91. The van der Waals surface area contributed by atoms with E-state index in [-0.39, 0.29) is 30.7 Å². The van der Waals surface area contributed by atoms with Crippen molar-refractivity contribution >= 4 is 17.8 Å². The van der Waals surface area contributed by atoms with Crippen molar-refractivity contribution < 1.29 is 19.5 Å². The third-order valence-corrected chi connectivity index (χ3v) is 3.65. The topological polar surface area (TPSA) is 86.7 Å². The van der Waals surface area contributed by atoms with Gasteiger partial charge >= 0.3 is 5.97 Å². The number of carboxylic acids is 1. The van der Waals surface area contributed by atoms with E-state index in [1.165, 1.54) is 4.90 Å². The molecule has 126 valence electrons. The quantitative estimate of drug-likeness (QED) is 0.800. The van der Waals surface area contributed by atoms with Gasteiger partial charge in [0, 0.05) is 19.2 Å². The van der Waals surface area contributed by atoms with Gasteiger partial charge in [-0.05, 0) is 24.5 Å². The summed E-state index contributed by atoms with van der Waals surface area (Å²) in [6.07, 6.45) is -0.126. The molecule has 1 aromatic rings. The Bertz CT molecular complexity index is 584. The number of aliphatic carboxylic acids is 1. The first-order chi connectivity index (χ1) is 10.7. The van der Waals surface area contributed by atoms with Gasteiger partial charge in [0.25, 0.3) is 5.91 Å². The number of aryl methyl sites for hydroxylation is 1. The summed E-state index contributed by atoms with van der Waals surface area (Å²) >= 11 is 0. The second kappa shape index (κ2) is 8.31. The fourth-order valence-corrected chi connectivity index (χ4v) is 2.17. The number of amides is 2. The van der Waals surface area contributed by atoms with Gasteiger partial charge in [-0.3, -0.25) is 14.4 Å². The largest absolute Gasteiger partial charge is 0.481 e. The Morgan fingerprint density at radius 3 is 2.35 bits per heavy atom. The van der Waals surface area contributed by atoms with E-state index in [0.717, 1.165) is 5.56 Å². The van der Waals surface area contributed by atoms with E-state index in [0.29, 0.717) is 5.56 Å². The lowest BCUT2D eigenvalue weighted by Crippen LogP contribution is -2.50. The summed E-state index contributed by atoms with van der Waals surface area (Å²) in [5.41, 5.74) is 1.36. The molecule has 1 rings (SSSR count). The molecule has 0 aliphatic rings. The van der Waals surface area contributed by atoms with Crippen molar-refractivity contribution in [2.24, 2.45) is 5.92 Å². The summed E-state index contributed by atoms with van der Waals surface area (Å²) in [5.74, 6) is -1.66. The first kappa shape index (κ1) is 18.7. The van der Waals surface area contributed by atoms with Gasteiger partial charge in [-0.15, -0.1) is 0 Å². The fourth-order valence-electron chi connectivity index (χ4n) is 2.17. The van der Waals surface area contributed by atoms with E-state index >= 15 is 0 Å². The average Bonchev–Trinajstić information content (AvgIpc) is 2.49. The molecule has 0 aromatic heterocycles. The third-order valence-electron chi connectivity index (χ3n) is 3.65. The van der Waals surface area contributed by atoms with Gasteiger partial charge in [0.05, 0.1) is 6.42 Å². The zero-order valence-electron chi connectivity index (χ0n) is 14.0. The predicted octanol–water partition coefficient (Wildman–Crippen LogP) is 1.68. The molecule has 0 aliphatic heterocycles. The highest BCUT2D eigenvalue weighted by Gasteiger charge is 2.27. The molecule has 0 fully saturated rings. The first-order valence-corrected chi connectivity index (χ1v) is 7.57. The van der Waals surface area contributed by atoms with Crippen LogP contribution in [-0.4, -0.2) is 47.4 Å². The molecule has 1 aromatic carbocycles. The number of nitrogens with zero attached hydrogens (tertiary/aromatic N) is 1. The monoisotopic (exact) mass is 320 g/mol. The van der Waals surface area contributed by atoms with Gasteiger partial charge < -0.3 is 15.3 Å². The number of rotatable bonds is 7. The molecule has 0 saturated heterocycles. The Morgan fingerprint density at radius 1 is 1.22 bits per heavy atom. The minimum Gasteiger partial charge on any atom is -0.481 e. The Kier molecular flexibility index (Phi) is 6.75. The summed E-state index contributed by atoms with van der Waals surface area (Å²) in [5, 5.41) is 11.5. The third kappa shape index (κ3) is 5.39. The molecule has 1 atom stereocenters. The van der Waals surface area contributed by atoms with Crippen LogP contribution in [0.2, 0.25) is 0 Å². The number of likely N-dealkylation sites (N-methyl/N-ethyl adjacent to an activating group) is 1. The van der Waals surface area contributed by atoms with Crippen LogP contribution in [0.1, 0.15) is 36.2 Å². The minimum absolute atomic E-state index is 0.109. The molecule has 6 heteroatoms. The Balaban J connectivity index is 2.82. The number of carbonyl (C=O) groups excluding carboxylic acids is 2. The predicted molar refractivity (Wildman–Crippen MR) is 87.2 cm³/mol. The van der Waals surface area contributed by atoms with E-state index in [1.807, 2.05) is 32.9 Å². The van der Waals surface area contributed by atoms with Crippen LogP contribution in [0.3, 0.4) is 0 Å². The van der Waals surface area contributed by atoms with Crippen LogP contribution in [0.4, 0.5) is 0 Å². The van der Waals surface area contributed by atoms with Gasteiger partial charge in [0.15, 0.2) is 0 Å².